The number of ketones is 3. The number of anilines is 1. The second kappa shape index (κ2) is 44.4. The van der Waals surface area contributed by atoms with Crippen LogP contribution in [0.25, 0.3) is 22.3 Å². The number of aromatic hydroxyl groups is 1. The average molecular weight is 1510 g/mol. The van der Waals surface area contributed by atoms with Crippen molar-refractivity contribution < 1.29 is 100 Å². The molecule has 592 valence electrons. The Morgan fingerprint density at radius 2 is 1.36 bits per heavy atom. The number of phenolic OH excluding ortho intramolecular Hbond substituents is 1. The number of aromatic nitrogens is 5. The lowest BCUT2D eigenvalue weighted by molar-refractivity contribution is -0.175. The first-order chi connectivity index (χ1) is 52.0. The summed E-state index contributed by atoms with van der Waals surface area (Å²) in [5, 5.41) is 22.3. The third kappa shape index (κ3) is 24.9. The molecule has 3 aromatic heterocycles. The molecule has 2 aromatic carbocycles. The van der Waals surface area contributed by atoms with Crippen molar-refractivity contribution in [1.29, 1.82) is 0 Å². The van der Waals surface area contributed by atoms with E-state index in [0.29, 0.717) is 205 Å². The summed E-state index contributed by atoms with van der Waals surface area (Å²) in [5.74, 6) is -2.23. The molecule has 30 heteroatoms. The monoisotopic (exact) mass is 1510 g/mol. The first-order valence-corrected chi connectivity index (χ1v) is 37.5. The van der Waals surface area contributed by atoms with Crippen LogP contribution < -0.4 is 16.6 Å². The number of phenols is 1. The molecule has 1 saturated carbocycles. The second-order valence-electron chi connectivity index (χ2n) is 27.2. The van der Waals surface area contributed by atoms with Gasteiger partial charge in [-0.3, -0.25) is 38.5 Å². The average Bonchev–Trinajstić information content (AvgIpc) is 1.50. The van der Waals surface area contributed by atoms with E-state index in [1.807, 2.05) is 13.1 Å². The number of Topliss-reactive ketones (excluding diaryl/α,β-unsaturated/α-hetero) is 3. The number of carbonyl (C=O) groups is 8. The highest BCUT2D eigenvalue weighted by molar-refractivity contribution is 6.03. The van der Waals surface area contributed by atoms with Gasteiger partial charge in [-0.05, 0) is 118 Å². The number of likely N-dealkylation sites (tertiary alicyclic amines) is 1. The van der Waals surface area contributed by atoms with Crippen LogP contribution in [0.3, 0.4) is 0 Å². The van der Waals surface area contributed by atoms with Gasteiger partial charge in [0.05, 0.1) is 140 Å². The van der Waals surface area contributed by atoms with Gasteiger partial charge in [-0.1, -0.05) is 52.0 Å². The number of pyridine rings is 2. The van der Waals surface area contributed by atoms with Crippen LogP contribution in [0, 0.1) is 23.7 Å². The molecule has 3 aliphatic heterocycles. The van der Waals surface area contributed by atoms with Gasteiger partial charge in [0.2, 0.25) is 23.3 Å². The number of fused-ring (bicyclic) bond motifs is 5. The molecule has 0 bridgehead atoms. The van der Waals surface area contributed by atoms with Gasteiger partial charge >= 0.3 is 12.1 Å². The standard InChI is InChI=1S/C77H104N8O22.CH4/c1-4-62-63-43-59(86)20-21-67(63)80-71-64(62)47-84-68(71)44-66-65(74(84)93)51-105-75(94)77(66,5-2)107-76(95)106-48-54-13-17-57(18-14-54)79-72(91)56(9-6-7-23-78)42-61(88)50-104-49-60(87)10-8-25-96-27-29-98-31-33-100-35-37-102-39-40-103-38-36-101-34-32-99-30-28-97-26-24-83-46-58(81-82-83)19-22-69(89)55-15-11-53(12-16-55)45-85-70(90)41-52(3)73(85)92;/h13-14,17-18,20-21,43-44,46,52-53,55-56,86H,4-12,15-16,19,22-42,45,47-51,78H2,1-3H3,(H,79,91);1H4. The highest BCUT2D eigenvalue weighted by Gasteiger charge is 2.51. The highest BCUT2D eigenvalue weighted by Crippen LogP contribution is 2.43. The minimum atomic E-state index is -2.00. The first kappa shape index (κ1) is 85.3. The van der Waals surface area contributed by atoms with E-state index in [2.05, 4.69) is 15.6 Å². The molecule has 4 aliphatic rings. The highest BCUT2D eigenvalue weighted by atomic mass is 16.7. The fourth-order valence-corrected chi connectivity index (χ4v) is 13.7. The summed E-state index contributed by atoms with van der Waals surface area (Å²) in [4.78, 5) is 124. The van der Waals surface area contributed by atoms with Crippen molar-refractivity contribution in [2.24, 2.45) is 29.4 Å². The van der Waals surface area contributed by atoms with Crippen LogP contribution in [0.2, 0.25) is 0 Å². The Morgan fingerprint density at radius 1 is 0.731 bits per heavy atom. The fraction of sp³-hybridized carbons (Fsp3) is 0.615. The Morgan fingerprint density at radius 3 is 1.97 bits per heavy atom. The normalized spacial score (nSPS) is 17.6. The fourth-order valence-electron chi connectivity index (χ4n) is 13.7. The third-order valence-electron chi connectivity index (χ3n) is 19.6. The van der Waals surface area contributed by atoms with Crippen LogP contribution in [-0.2, 0) is 135 Å². The number of nitrogens with two attached hydrogens (primary N) is 1. The summed E-state index contributed by atoms with van der Waals surface area (Å²) in [6, 6.07) is 13.1. The van der Waals surface area contributed by atoms with Crippen LogP contribution in [0.1, 0.15) is 145 Å². The number of benzene rings is 2. The Kier molecular flexibility index (Phi) is 35.1. The Hall–Kier alpha value is -8.30. The van der Waals surface area contributed by atoms with Crippen LogP contribution in [-0.4, -0.2) is 214 Å². The number of rotatable bonds is 51. The maximum absolute atomic E-state index is 14.1. The number of esters is 1. The first-order valence-electron chi connectivity index (χ1n) is 37.5. The predicted octanol–water partition coefficient (Wildman–Crippen LogP) is 7.48. The summed E-state index contributed by atoms with van der Waals surface area (Å²) in [5.41, 5.74) is 8.80. The molecule has 0 radical (unpaired) electrons. The summed E-state index contributed by atoms with van der Waals surface area (Å²) < 4.78 is 70.2. The Bertz CT molecular complexity index is 3840. The van der Waals surface area contributed by atoms with Crippen molar-refractivity contribution in [3.8, 4) is 17.1 Å². The van der Waals surface area contributed by atoms with Gasteiger partial charge in [0.1, 0.15) is 38.0 Å². The van der Waals surface area contributed by atoms with Crippen molar-refractivity contribution in [3.63, 3.8) is 0 Å². The third-order valence-corrected chi connectivity index (χ3v) is 19.6. The second-order valence-corrected chi connectivity index (χ2v) is 27.2. The van der Waals surface area contributed by atoms with Crippen LogP contribution >= 0.6 is 0 Å². The summed E-state index contributed by atoms with van der Waals surface area (Å²) in [6.07, 6.45) is 7.93. The van der Waals surface area contributed by atoms with Gasteiger partial charge in [0.25, 0.3) is 5.56 Å². The van der Waals surface area contributed by atoms with Crippen molar-refractivity contribution in [1.82, 2.24) is 29.4 Å². The summed E-state index contributed by atoms with van der Waals surface area (Å²) >= 11 is 0. The van der Waals surface area contributed by atoms with E-state index in [4.69, 9.17) is 67.6 Å². The molecule has 3 unspecified atom stereocenters. The zero-order chi connectivity index (χ0) is 75.9. The van der Waals surface area contributed by atoms with E-state index in [1.165, 1.54) is 4.90 Å². The van der Waals surface area contributed by atoms with Crippen LogP contribution in [0.5, 0.6) is 5.75 Å². The van der Waals surface area contributed by atoms with Gasteiger partial charge in [0, 0.05) is 91.4 Å². The smallest absolute Gasteiger partial charge is 0.508 e. The molecular weight excluding hydrogens is 1400 g/mol. The van der Waals surface area contributed by atoms with Gasteiger partial charge in [-0.25, -0.2) is 19.3 Å². The number of nitrogens with zero attached hydrogens (tertiary/aromatic N) is 6. The zero-order valence-corrected chi connectivity index (χ0v) is 61.9. The molecule has 1 saturated heterocycles. The van der Waals surface area contributed by atoms with E-state index in [-0.39, 0.29) is 129 Å². The molecule has 3 amide bonds. The SMILES string of the molecule is C.CCc1c2c(nc3ccc(O)cc13)-c1cc3c(c(=O)n1C2)COC(=O)C3(CC)OC(=O)OCc1ccc(NC(=O)C(CCCCN)CC(=O)COCC(=O)CCCOCCOCCOCCOCCOCCOCCOCCOCCn2cc(CCC(=O)C3CCC(CN4C(=O)CC(C)C4=O)CC3)nn2)cc1. The number of carbonyl (C=O) groups excluding carboxylic acids is 8. The van der Waals surface area contributed by atoms with Gasteiger partial charge in [-0.15, -0.1) is 5.10 Å². The number of unbranched alkanes of at least 4 members (excludes halogenated alkanes) is 1. The Balaban J connectivity index is 0.0000147. The van der Waals surface area contributed by atoms with Crippen LogP contribution in [0.15, 0.2) is 59.5 Å². The number of aryl methyl sites for hydroxylation is 2. The Labute approximate surface area is 629 Å². The van der Waals surface area contributed by atoms with Gasteiger partial charge in [-0.2, -0.15) is 0 Å². The number of imide groups is 1. The maximum Gasteiger partial charge on any atom is 0.510 e. The van der Waals surface area contributed by atoms with E-state index in [9.17, 15) is 48.3 Å². The topological polar surface area (TPSA) is 374 Å². The van der Waals surface area contributed by atoms with E-state index >= 15 is 0 Å². The molecule has 6 heterocycles. The molecule has 1 aliphatic carbocycles. The lowest BCUT2D eigenvalue weighted by Crippen LogP contribution is -2.47. The van der Waals surface area contributed by atoms with Gasteiger partial charge < -0.3 is 77.6 Å². The minimum Gasteiger partial charge on any atom is -0.508 e. The molecule has 30 nitrogen and oxygen atoms in total. The van der Waals surface area contributed by atoms with Crippen molar-refractivity contribution >= 4 is 63.8 Å². The summed E-state index contributed by atoms with van der Waals surface area (Å²) in [6.45, 7) is 12.4. The quantitative estimate of drug-likeness (QED) is 0.0189. The van der Waals surface area contributed by atoms with Crippen molar-refractivity contribution in [2.75, 3.05) is 137 Å². The zero-order valence-electron chi connectivity index (χ0n) is 61.9. The number of hydrogen-bond donors (Lipinski definition) is 3. The summed E-state index contributed by atoms with van der Waals surface area (Å²) in [7, 11) is 0. The minimum absolute atomic E-state index is 0. The molecule has 108 heavy (non-hydrogen) atoms. The number of cyclic esters (lactones) is 1. The largest absolute Gasteiger partial charge is 0.510 e. The van der Waals surface area contributed by atoms with E-state index in [1.54, 1.807) is 71.6 Å². The van der Waals surface area contributed by atoms with E-state index < -0.39 is 29.2 Å². The lowest BCUT2D eigenvalue weighted by atomic mass is 9.79. The lowest BCUT2D eigenvalue weighted by Gasteiger charge is -2.35. The molecule has 0 spiro atoms. The molecule has 4 N–H and O–H groups in total. The number of amides is 3. The molecule has 5 aromatic rings. The molecule has 9 rings (SSSR count). The van der Waals surface area contributed by atoms with E-state index in [0.717, 1.165) is 47.9 Å². The number of hydrogen-bond acceptors (Lipinski definition) is 26. The molecule has 3 atom stereocenters. The predicted molar refractivity (Wildman–Crippen MR) is 393 cm³/mol. The van der Waals surface area contributed by atoms with Gasteiger partial charge in [0.15, 0.2) is 11.6 Å². The van der Waals surface area contributed by atoms with Crippen LogP contribution in [0.4, 0.5) is 10.5 Å². The molecular formula is C78H108N8O22. The molecule has 2 fully saturated rings. The van der Waals surface area contributed by atoms with Crippen molar-refractivity contribution in [2.45, 2.75) is 156 Å². The van der Waals surface area contributed by atoms with Crippen molar-refractivity contribution in [3.05, 3.63) is 98.6 Å². The number of nitrogens with one attached hydrogen (secondary N) is 1. The maximum atomic E-state index is 14.1. The number of ether oxygens (including phenoxy) is 12.